The number of nitrogens with zero attached hydrogens (tertiary/aromatic N) is 1. The van der Waals surface area contributed by atoms with Crippen LogP contribution in [0.3, 0.4) is 0 Å². The molecule has 0 aliphatic carbocycles. The Labute approximate surface area is 185 Å². The van der Waals surface area contributed by atoms with Crippen molar-refractivity contribution in [3.63, 3.8) is 0 Å². The molecule has 0 aliphatic rings. The van der Waals surface area contributed by atoms with Crippen molar-refractivity contribution in [2.45, 2.75) is 25.7 Å². The molecule has 3 rings (SSSR count). The quantitative estimate of drug-likeness (QED) is 0.443. The Morgan fingerprint density at radius 2 is 1.35 bits per heavy atom. The summed E-state index contributed by atoms with van der Waals surface area (Å²) in [7, 11) is 3.27. The molecular formula is C27H31NO3. The summed E-state index contributed by atoms with van der Waals surface area (Å²) in [6.45, 7) is 1.42. The van der Waals surface area contributed by atoms with Crippen LogP contribution in [0, 0.1) is 0 Å². The molecule has 0 aliphatic heterocycles. The fourth-order valence-electron chi connectivity index (χ4n) is 3.66. The summed E-state index contributed by atoms with van der Waals surface area (Å²) in [4.78, 5) is 15.1. The molecule has 162 valence electrons. The number of aryl methyl sites for hydroxylation is 1. The van der Waals surface area contributed by atoms with Crippen molar-refractivity contribution in [3.05, 3.63) is 95.6 Å². The molecule has 0 fully saturated rings. The zero-order chi connectivity index (χ0) is 21.9. The van der Waals surface area contributed by atoms with Crippen LogP contribution in [0.5, 0.6) is 11.5 Å². The van der Waals surface area contributed by atoms with Crippen LogP contribution >= 0.6 is 0 Å². The summed E-state index contributed by atoms with van der Waals surface area (Å²) in [6, 6.07) is 26.3. The summed E-state index contributed by atoms with van der Waals surface area (Å²) < 4.78 is 10.7. The highest BCUT2D eigenvalue weighted by molar-refractivity contribution is 5.78. The molecule has 0 radical (unpaired) electrons. The van der Waals surface area contributed by atoms with Gasteiger partial charge in [-0.3, -0.25) is 4.79 Å². The van der Waals surface area contributed by atoms with Gasteiger partial charge < -0.3 is 14.4 Å². The molecule has 0 saturated heterocycles. The van der Waals surface area contributed by atoms with E-state index in [4.69, 9.17) is 9.47 Å². The SMILES string of the molecule is COc1ccc(CCN(CCCc2ccccc2)C(=O)Cc2ccccc2)cc1OC. The van der Waals surface area contributed by atoms with E-state index in [-0.39, 0.29) is 5.91 Å². The lowest BCUT2D eigenvalue weighted by molar-refractivity contribution is -0.130. The number of amides is 1. The van der Waals surface area contributed by atoms with Gasteiger partial charge in [0.05, 0.1) is 20.6 Å². The van der Waals surface area contributed by atoms with Gasteiger partial charge in [-0.1, -0.05) is 66.7 Å². The predicted octanol–water partition coefficient (Wildman–Crippen LogP) is 4.95. The highest BCUT2D eigenvalue weighted by atomic mass is 16.5. The first-order valence-corrected chi connectivity index (χ1v) is 10.8. The van der Waals surface area contributed by atoms with Gasteiger partial charge in [-0.15, -0.1) is 0 Å². The second-order valence-corrected chi connectivity index (χ2v) is 7.57. The molecule has 0 spiro atoms. The number of hydrogen-bond acceptors (Lipinski definition) is 3. The Hall–Kier alpha value is -3.27. The Morgan fingerprint density at radius 1 is 0.710 bits per heavy atom. The van der Waals surface area contributed by atoms with Crippen molar-refractivity contribution in [2.24, 2.45) is 0 Å². The van der Waals surface area contributed by atoms with Gasteiger partial charge in [-0.2, -0.15) is 0 Å². The van der Waals surface area contributed by atoms with Crippen LogP contribution < -0.4 is 9.47 Å². The first-order valence-electron chi connectivity index (χ1n) is 10.8. The molecule has 1 amide bonds. The van der Waals surface area contributed by atoms with Crippen molar-refractivity contribution in [2.75, 3.05) is 27.3 Å². The van der Waals surface area contributed by atoms with Crippen LogP contribution in [0.25, 0.3) is 0 Å². The number of ether oxygens (including phenoxy) is 2. The van der Waals surface area contributed by atoms with Gasteiger partial charge in [0.25, 0.3) is 0 Å². The average molecular weight is 418 g/mol. The molecule has 3 aromatic carbocycles. The third kappa shape index (κ3) is 6.88. The summed E-state index contributed by atoms with van der Waals surface area (Å²) in [5.41, 5.74) is 3.47. The van der Waals surface area contributed by atoms with Crippen molar-refractivity contribution < 1.29 is 14.3 Å². The highest BCUT2D eigenvalue weighted by Gasteiger charge is 2.15. The molecular weight excluding hydrogens is 386 g/mol. The van der Waals surface area contributed by atoms with Crippen LogP contribution in [0.4, 0.5) is 0 Å². The van der Waals surface area contributed by atoms with E-state index in [1.54, 1.807) is 14.2 Å². The third-order valence-electron chi connectivity index (χ3n) is 5.41. The van der Waals surface area contributed by atoms with Crippen LogP contribution in [0.2, 0.25) is 0 Å². The minimum absolute atomic E-state index is 0.166. The van der Waals surface area contributed by atoms with Crippen LogP contribution in [-0.2, 0) is 24.1 Å². The lowest BCUT2D eigenvalue weighted by atomic mass is 10.1. The average Bonchev–Trinajstić information content (AvgIpc) is 2.82. The zero-order valence-corrected chi connectivity index (χ0v) is 18.4. The molecule has 0 atom stereocenters. The van der Waals surface area contributed by atoms with Crippen LogP contribution in [0.1, 0.15) is 23.1 Å². The maximum atomic E-state index is 13.1. The number of rotatable bonds is 11. The van der Waals surface area contributed by atoms with E-state index in [1.807, 2.05) is 59.5 Å². The predicted molar refractivity (Wildman–Crippen MR) is 125 cm³/mol. The lowest BCUT2D eigenvalue weighted by Crippen LogP contribution is -2.35. The number of carbonyl (C=O) groups excluding carboxylic acids is 1. The number of benzene rings is 3. The largest absolute Gasteiger partial charge is 0.493 e. The molecule has 4 nitrogen and oxygen atoms in total. The summed E-state index contributed by atoms with van der Waals surface area (Å²) in [5, 5.41) is 0. The van der Waals surface area contributed by atoms with Crippen molar-refractivity contribution >= 4 is 5.91 Å². The van der Waals surface area contributed by atoms with Gasteiger partial charge in [-0.05, 0) is 48.1 Å². The van der Waals surface area contributed by atoms with E-state index < -0.39 is 0 Å². The molecule has 0 aromatic heterocycles. The van der Waals surface area contributed by atoms with Gasteiger partial charge in [0, 0.05) is 13.1 Å². The molecule has 31 heavy (non-hydrogen) atoms. The molecule has 0 bridgehead atoms. The second kappa shape index (κ2) is 11.8. The molecule has 3 aromatic rings. The standard InChI is InChI=1S/C27H31NO3/c1-30-25-16-15-24(20-26(25)31-2)17-19-28(18-9-14-22-10-5-3-6-11-22)27(29)21-23-12-7-4-8-13-23/h3-8,10-13,15-16,20H,9,14,17-19,21H2,1-2H3. The van der Waals surface area contributed by atoms with Gasteiger partial charge >= 0.3 is 0 Å². The van der Waals surface area contributed by atoms with E-state index >= 15 is 0 Å². The fraction of sp³-hybridized carbons (Fsp3) is 0.296. The zero-order valence-electron chi connectivity index (χ0n) is 18.4. The maximum Gasteiger partial charge on any atom is 0.226 e. The Morgan fingerprint density at radius 3 is 2.00 bits per heavy atom. The first-order chi connectivity index (χ1) is 15.2. The molecule has 0 unspecified atom stereocenters. The molecule has 0 saturated carbocycles. The molecule has 4 heteroatoms. The van der Waals surface area contributed by atoms with E-state index in [0.29, 0.717) is 24.5 Å². The fourth-order valence-corrected chi connectivity index (χ4v) is 3.66. The van der Waals surface area contributed by atoms with Gasteiger partial charge in [0.15, 0.2) is 11.5 Å². The van der Waals surface area contributed by atoms with Crippen molar-refractivity contribution in [3.8, 4) is 11.5 Å². The van der Waals surface area contributed by atoms with Crippen LogP contribution in [0.15, 0.2) is 78.9 Å². The third-order valence-corrected chi connectivity index (χ3v) is 5.41. The summed E-state index contributed by atoms with van der Waals surface area (Å²) in [6.07, 6.45) is 3.10. The molecule has 0 N–H and O–H groups in total. The van der Waals surface area contributed by atoms with Crippen LogP contribution in [-0.4, -0.2) is 38.1 Å². The lowest BCUT2D eigenvalue weighted by Gasteiger charge is -2.23. The smallest absolute Gasteiger partial charge is 0.226 e. The second-order valence-electron chi connectivity index (χ2n) is 7.57. The van der Waals surface area contributed by atoms with E-state index in [9.17, 15) is 4.79 Å². The van der Waals surface area contributed by atoms with Gasteiger partial charge in [-0.25, -0.2) is 0 Å². The summed E-state index contributed by atoms with van der Waals surface area (Å²) in [5.74, 6) is 1.59. The topological polar surface area (TPSA) is 38.8 Å². The van der Waals surface area contributed by atoms with E-state index in [2.05, 4.69) is 24.3 Å². The number of methoxy groups -OCH3 is 2. The monoisotopic (exact) mass is 417 g/mol. The normalized spacial score (nSPS) is 10.5. The van der Waals surface area contributed by atoms with E-state index in [0.717, 1.165) is 36.9 Å². The van der Waals surface area contributed by atoms with Gasteiger partial charge in [0.1, 0.15) is 0 Å². The highest BCUT2D eigenvalue weighted by Crippen LogP contribution is 2.27. The summed E-state index contributed by atoms with van der Waals surface area (Å²) >= 11 is 0. The number of carbonyl (C=O) groups is 1. The van der Waals surface area contributed by atoms with E-state index in [1.165, 1.54) is 5.56 Å². The Bertz CT molecular complexity index is 941. The Balaban J connectivity index is 1.64. The molecule has 0 heterocycles. The minimum Gasteiger partial charge on any atom is -0.493 e. The Kier molecular flexibility index (Phi) is 8.53. The van der Waals surface area contributed by atoms with Crippen molar-refractivity contribution in [1.82, 2.24) is 4.90 Å². The van der Waals surface area contributed by atoms with Gasteiger partial charge in [0.2, 0.25) is 5.91 Å². The first kappa shape index (κ1) is 22.4. The van der Waals surface area contributed by atoms with Crippen molar-refractivity contribution in [1.29, 1.82) is 0 Å². The number of hydrogen-bond donors (Lipinski definition) is 0. The maximum absolute atomic E-state index is 13.1. The minimum atomic E-state index is 0.166.